The van der Waals surface area contributed by atoms with Crippen molar-refractivity contribution in [3.63, 3.8) is 0 Å². The maximum absolute atomic E-state index is 12.8. The maximum atomic E-state index is 12.8. The lowest BCUT2D eigenvalue weighted by Crippen LogP contribution is -2.41. The Balaban J connectivity index is 1.33. The van der Waals surface area contributed by atoms with Gasteiger partial charge in [0, 0.05) is 43.7 Å². The minimum Gasteiger partial charge on any atom is -0.342 e. The van der Waals surface area contributed by atoms with E-state index >= 15 is 0 Å². The van der Waals surface area contributed by atoms with Crippen LogP contribution in [0.4, 0.5) is 0 Å². The molecule has 1 aliphatic heterocycles. The molecule has 1 aliphatic carbocycles. The van der Waals surface area contributed by atoms with E-state index in [1.165, 1.54) is 0 Å². The number of ketones is 1. The number of rotatable bonds is 4. The number of nitrogens with zero attached hydrogens (tertiary/aromatic N) is 3. The predicted molar refractivity (Wildman–Crippen MR) is 104 cm³/mol. The largest absolute Gasteiger partial charge is 0.342 e. The molecule has 27 heavy (non-hydrogen) atoms. The number of benzene rings is 1. The molecule has 1 amide bonds. The minimum atomic E-state index is -0.0698. The van der Waals surface area contributed by atoms with E-state index in [0.717, 1.165) is 12.0 Å². The van der Waals surface area contributed by atoms with Gasteiger partial charge in [-0.3, -0.25) is 14.3 Å². The van der Waals surface area contributed by atoms with Crippen molar-refractivity contribution in [2.75, 3.05) is 13.1 Å². The fourth-order valence-electron chi connectivity index (χ4n) is 3.95. The second-order valence-electron chi connectivity index (χ2n) is 7.49. The van der Waals surface area contributed by atoms with E-state index in [1.807, 2.05) is 24.3 Å². The molecule has 0 spiro atoms. The zero-order valence-electron chi connectivity index (χ0n) is 15.1. The average Bonchev–Trinajstić information content (AvgIpc) is 3.36. The second kappa shape index (κ2) is 7.28. The van der Waals surface area contributed by atoms with Crippen molar-refractivity contribution < 1.29 is 9.59 Å². The van der Waals surface area contributed by atoms with Gasteiger partial charge in [0.15, 0.2) is 5.78 Å². The van der Waals surface area contributed by atoms with E-state index in [2.05, 4.69) is 5.10 Å². The summed E-state index contributed by atoms with van der Waals surface area (Å²) in [5.41, 5.74) is 1.73. The highest BCUT2D eigenvalue weighted by atomic mass is 35.5. The minimum absolute atomic E-state index is 0.0662. The normalized spacial score (nSPS) is 22.7. The van der Waals surface area contributed by atoms with Crippen LogP contribution < -0.4 is 0 Å². The van der Waals surface area contributed by atoms with Crippen LogP contribution >= 0.6 is 23.2 Å². The van der Waals surface area contributed by atoms with Crippen LogP contribution in [-0.2, 0) is 11.8 Å². The van der Waals surface area contributed by atoms with Gasteiger partial charge < -0.3 is 4.90 Å². The fraction of sp³-hybridized carbons (Fsp3) is 0.450. The monoisotopic (exact) mass is 405 g/mol. The van der Waals surface area contributed by atoms with Gasteiger partial charge in [0.25, 0.3) is 0 Å². The zero-order valence-corrected chi connectivity index (χ0v) is 16.6. The van der Waals surface area contributed by atoms with Gasteiger partial charge in [0.2, 0.25) is 5.91 Å². The lowest BCUT2D eigenvalue weighted by molar-refractivity contribution is -0.133. The SMILES string of the molecule is Cn1cc(C2CC2C(=O)N2CCC(C(=O)c3ccc(Cl)c(Cl)c3)CC2)cn1. The molecule has 2 fully saturated rings. The van der Waals surface area contributed by atoms with E-state index in [1.54, 1.807) is 22.9 Å². The van der Waals surface area contributed by atoms with Crippen LogP contribution in [0.3, 0.4) is 0 Å². The summed E-state index contributed by atoms with van der Waals surface area (Å²) in [4.78, 5) is 27.4. The molecule has 1 saturated carbocycles. The van der Waals surface area contributed by atoms with Crippen LogP contribution in [0.15, 0.2) is 30.6 Å². The number of hydrogen-bond acceptors (Lipinski definition) is 3. The Bertz CT molecular complexity index is 887. The number of piperidine rings is 1. The predicted octanol–water partition coefficient (Wildman–Crippen LogP) is 3.95. The lowest BCUT2D eigenvalue weighted by Gasteiger charge is -2.31. The highest BCUT2D eigenvalue weighted by Gasteiger charge is 2.46. The Morgan fingerprint density at radius 3 is 2.52 bits per heavy atom. The number of amides is 1. The first-order valence-corrected chi connectivity index (χ1v) is 9.96. The van der Waals surface area contributed by atoms with Crippen molar-refractivity contribution in [2.45, 2.75) is 25.2 Å². The molecule has 1 saturated heterocycles. The van der Waals surface area contributed by atoms with Crippen molar-refractivity contribution >= 4 is 34.9 Å². The Morgan fingerprint density at radius 2 is 1.89 bits per heavy atom. The fourth-order valence-corrected chi connectivity index (χ4v) is 4.25. The molecule has 4 rings (SSSR count). The summed E-state index contributed by atoms with van der Waals surface area (Å²) < 4.78 is 1.77. The van der Waals surface area contributed by atoms with Crippen LogP contribution in [0.2, 0.25) is 10.0 Å². The third-order valence-electron chi connectivity index (χ3n) is 5.64. The van der Waals surface area contributed by atoms with Crippen molar-refractivity contribution in [3.8, 4) is 0 Å². The molecule has 2 aliphatic rings. The molecule has 2 heterocycles. The Hall–Kier alpha value is -1.85. The summed E-state index contributed by atoms with van der Waals surface area (Å²) in [7, 11) is 1.89. The maximum Gasteiger partial charge on any atom is 0.226 e. The lowest BCUT2D eigenvalue weighted by atomic mass is 9.88. The third kappa shape index (κ3) is 3.76. The Morgan fingerprint density at radius 1 is 1.15 bits per heavy atom. The molecule has 1 aromatic heterocycles. The number of hydrogen-bond donors (Lipinski definition) is 0. The summed E-state index contributed by atoms with van der Waals surface area (Å²) in [6.07, 6.45) is 6.11. The van der Waals surface area contributed by atoms with Crippen molar-refractivity contribution in [1.82, 2.24) is 14.7 Å². The van der Waals surface area contributed by atoms with Crippen LogP contribution in [0, 0.1) is 11.8 Å². The summed E-state index contributed by atoms with van der Waals surface area (Å²) in [6.45, 7) is 1.26. The molecule has 1 aromatic carbocycles. The van der Waals surface area contributed by atoms with Crippen molar-refractivity contribution in [2.24, 2.45) is 18.9 Å². The summed E-state index contributed by atoms with van der Waals surface area (Å²) in [5, 5.41) is 5.03. The highest BCUT2D eigenvalue weighted by molar-refractivity contribution is 6.42. The van der Waals surface area contributed by atoms with E-state index in [-0.39, 0.29) is 23.5 Å². The van der Waals surface area contributed by atoms with E-state index < -0.39 is 0 Å². The number of carbonyl (C=O) groups is 2. The Kier molecular flexibility index (Phi) is 4.99. The number of carbonyl (C=O) groups excluding carboxylic acids is 2. The van der Waals surface area contributed by atoms with Crippen molar-refractivity contribution in [3.05, 3.63) is 51.8 Å². The van der Waals surface area contributed by atoms with Gasteiger partial charge in [0.1, 0.15) is 0 Å². The molecular formula is C20H21Cl2N3O2. The number of aryl methyl sites for hydroxylation is 1. The average molecular weight is 406 g/mol. The van der Waals surface area contributed by atoms with E-state index in [0.29, 0.717) is 47.5 Å². The third-order valence-corrected chi connectivity index (χ3v) is 6.38. The van der Waals surface area contributed by atoms with Gasteiger partial charge in [-0.15, -0.1) is 0 Å². The zero-order chi connectivity index (χ0) is 19.1. The molecule has 5 nitrogen and oxygen atoms in total. The summed E-state index contributed by atoms with van der Waals surface area (Å²) in [6, 6.07) is 5.00. The summed E-state index contributed by atoms with van der Waals surface area (Å²) >= 11 is 12.0. The summed E-state index contributed by atoms with van der Waals surface area (Å²) in [5.74, 6) is 0.586. The first-order valence-electron chi connectivity index (χ1n) is 9.20. The number of aromatic nitrogens is 2. The molecule has 0 N–H and O–H groups in total. The smallest absolute Gasteiger partial charge is 0.226 e. The molecule has 0 radical (unpaired) electrons. The van der Waals surface area contributed by atoms with Crippen LogP contribution in [-0.4, -0.2) is 39.5 Å². The van der Waals surface area contributed by atoms with Gasteiger partial charge in [-0.25, -0.2) is 0 Å². The van der Waals surface area contributed by atoms with Gasteiger partial charge in [0.05, 0.1) is 16.2 Å². The van der Waals surface area contributed by atoms with Gasteiger partial charge in [-0.2, -0.15) is 5.10 Å². The topological polar surface area (TPSA) is 55.2 Å². The second-order valence-corrected chi connectivity index (χ2v) is 8.30. The number of Topliss-reactive ketones (excluding diaryl/α,β-unsaturated/α-hetero) is 1. The molecule has 7 heteroatoms. The van der Waals surface area contributed by atoms with Crippen LogP contribution in [0.25, 0.3) is 0 Å². The quantitative estimate of drug-likeness (QED) is 0.723. The first-order chi connectivity index (χ1) is 12.9. The number of halogens is 2. The van der Waals surface area contributed by atoms with E-state index in [9.17, 15) is 9.59 Å². The van der Waals surface area contributed by atoms with Gasteiger partial charge in [-0.1, -0.05) is 23.2 Å². The first kappa shape index (κ1) is 18.5. The van der Waals surface area contributed by atoms with Gasteiger partial charge >= 0.3 is 0 Å². The Labute approximate surface area is 168 Å². The molecular weight excluding hydrogens is 385 g/mol. The molecule has 2 atom stereocenters. The molecule has 2 aromatic rings. The highest BCUT2D eigenvalue weighted by Crippen LogP contribution is 2.48. The standard InChI is InChI=1S/C20H21Cl2N3O2/c1-24-11-14(10-23-24)15-9-16(15)20(27)25-6-4-12(5-7-25)19(26)13-2-3-17(21)18(22)8-13/h2-3,8,10-12,15-16H,4-7,9H2,1H3. The number of likely N-dealkylation sites (tertiary alicyclic amines) is 1. The molecule has 0 bridgehead atoms. The molecule has 2 unspecified atom stereocenters. The van der Waals surface area contributed by atoms with Crippen LogP contribution in [0.5, 0.6) is 0 Å². The van der Waals surface area contributed by atoms with Crippen LogP contribution in [0.1, 0.15) is 41.1 Å². The van der Waals surface area contributed by atoms with Gasteiger partial charge in [-0.05, 0) is 48.9 Å². The van der Waals surface area contributed by atoms with Crippen molar-refractivity contribution in [1.29, 1.82) is 0 Å². The molecule has 142 valence electrons. The van der Waals surface area contributed by atoms with E-state index in [4.69, 9.17) is 23.2 Å².